The van der Waals surface area contributed by atoms with Gasteiger partial charge in [-0.25, -0.2) is 0 Å². The monoisotopic (exact) mass is 118 g/mol. The van der Waals surface area contributed by atoms with Crippen molar-refractivity contribution in [1.82, 2.24) is 0 Å². The maximum atomic E-state index is 10.2. The molecule has 2 atom stereocenters. The minimum Gasteiger partial charge on any atom is -0.390 e. The van der Waals surface area contributed by atoms with E-state index in [1.54, 1.807) is 0 Å². The first kappa shape index (κ1) is 7.59. The van der Waals surface area contributed by atoms with E-state index in [0.717, 1.165) is 0 Å². The minimum atomic E-state index is -1.21. The molecule has 0 rings (SSSR count). The van der Waals surface area contributed by atoms with Crippen LogP contribution in [-0.4, -0.2) is 28.2 Å². The highest BCUT2D eigenvalue weighted by Gasteiger charge is 2.14. The number of aliphatic hydroxyl groups is 2. The maximum Gasteiger partial charge on any atom is 0.160 e. The van der Waals surface area contributed by atoms with Gasteiger partial charge in [0.05, 0.1) is 6.10 Å². The number of hydrogen-bond acceptors (Lipinski definition) is 3. The van der Waals surface area contributed by atoms with Crippen molar-refractivity contribution in [2.75, 3.05) is 0 Å². The molecule has 0 aromatic rings. The lowest BCUT2D eigenvalue weighted by atomic mass is 10.2. The molecule has 0 aliphatic rings. The Bertz CT molecular complexity index is 87.7. The zero-order chi connectivity index (χ0) is 6.73. The van der Waals surface area contributed by atoms with Crippen molar-refractivity contribution >= 4 is 5.78 Å². The molecule has 0 aliphatic heterocycles. The van der Waals surface area contributed by atoms with Crippen molar-refractivity contribution < 1.29 is 15.0 Å². The lowest BCUT2D eigenvalue weighted by molar-refractivity contribution is -0.129. The predicted molar refractivity (Wildman–Crippen MR) is 28.4 cm³/mol. The van der Waals surface area contributed by atoms with E-state index < -0.39 is 18.0 Å². The molecular weight excluding hydrogens is 108 g/mol. The number of Topliss-reactive ketones (excluding diaryl/α,β-unsaturated/α-hetero) is 1. The highest BCUT2D eigenvalue weighted by atomic mass is 16.3. The lowest BCUT2D eigenvalue weighted by Crippen LogP contribution is -2.29. The van der Waals surface area contributed by atoms with Crippen LogP contribution in [0, 0.1) is 0 Å². The van der Waals surface area contributed by atoms with Gasteiger partial charge in [-0.05, 0) is 13.8 Å². The van der Waals surface area contributed by atoms with Crippen LogP contribution in [0.25, 0.3) is 0 Å². The Morgan fingerprint density at radius 2 is 1.88 bits per heavy atom. The third-order valence-corrected chi connectivity index (χ3v) is 0.873. The van der Waals surface area contributed by atoms with Crippen LogP contribution in [0.4, 0.5) is 0 Å². The summed E-state index contributed by atoms with van der Waals surface area (Å²) in [6, 6.07) is 0. The first-order valence-corrected chi connectivity index (χ1v) is 2.42. The smallest absolute Gasteiger partial charge is 0.160 e. The number of hydrogen-bond donors (Lipinski definition) is 2. The van der Waals surface area contributed by atoms with E-state index in [0.29, 0.717) is 0 Å². The van der Waals surface area contributed by atoms with E-state index in [4.69, 9.17) is 10.2 Å². The summed E-state index contributed by atoms with van der Waals surface area (Å²) in [6.45, 7) is 2.60. The summed E-state index contributed by atoms with van der Waals surface area (Å²) in [7, 11) is 0. The summed E-state index contributed by atoms with van der Waals surface area (Å²) >= 11 is 0. The third kappa shape index (κ3) is 2.04. The molecule has 48 valence electrons. The van der Waals surface area contributed by atoms with E-state index in [2.05, 4.69) is 0 Å². The molecule has 2 N–H and O–H groups in total. The van der Waals surface area contributed by atoms with Crippen LogP contribution in [0.15, 0.2) is 0 Å². The van der Waals surface area contributed by atoms with Crippen molar-refractivity contribution in [3.05, 3.63) is 0 Å². The van der Waals surface area contributed by atoms with Crippen LogP contribution < -0.4 is 0 Å². The Morgan fingerprint density at radius 3 is 1.88 bits per heavy atom. The average Bonchev–Trinajstić information content (AvgIpc) is 1.64. The fourth-order valence-electron chi connectivity index (χ4n) is 0.340. The number of aliphatic hydroxyl groups excluding tert-OH is 2. The molecule has 0 unspecified atom stereocenters. The summed E-state index contributed by atoms with van der Waals surface area (Å²) in [5.74, 6) is -0.403. The van der Waals surface area contributed by atoms with Gasteiger partial charge in [-0.2, -0.15) is 0 Å². The van der Waals surface area contributed by atoms with E-state index in [-0.39, 0.29) is 0 Å². The third-order valence-electron chi connectivity index (χ3n) is 0.873. The Kier molecular flexibility index (Phi) is 2.65. The molecule has 3 nitrogen and oxygen atoms in total. The van der Waals surface area contributed by atoms with Crippen molar-refractivity contribution in [2.24, 2.45) is 0 Å². The number of carbonyl (C=O) groups is 1. The van der Waals surface area contributed by atoms with Crippen molar-refractivity contribution in [1.29, 1.82) is 0 Å². The van der Waals surface area contributed by atoms with Gasteiger partial charge in [-0.15, -0.1) is 0 Å². The molecule has 0 bridgehead atoms. The van der Waals surface area contributed by atoms with Gasteiger partial charge in [-0.3, -0.25) is 4.79 Å². The van der Waals surface area contributed by atoms with E-state index in [9.17, 15) is 4.79 Å². The largest absolute Gasteiger partial charge is 0.390 e. The summed E-state index contributed by atoms with van der Waals surface area (Å²) in [6.07, 6.45) is -2.16. The van der Waals surface area contributed by atoms with Crippen molar-refractivity contribution in [3.8, 4) is 0 Å². The Labute approximate surface area is 47.9 Å². The number of ketones is 1. The molecule has 0 spiro atoms. The maximum absolute atomic E-state index is 10.2. The molecule has 0 radical (unpaired) electrons. The first-order chi connectivity index (χ1) is 3.55. The van der Waals surface area contributed by atoms with E-state index in [1.807, 2.05) is 0 Å². The predicted octanol–water partition coefficient (Wildman–Crippen LogP) is -0.683. The van der Waals surface area contributed by atoms with Gasteiger partial charge in [0.15, 0.2) is 5.78 Å². The van der Waals surface area contributed by atoms with E-state index in [1.165, 1.54) is 13.8 Å². The molecule has 0 saturated heterocycles. The average molecular weight is 118 g/mol. The molecule has 0 aromatic heterocycles. The van der Waals surface area contributed by atoms with Crippen LogP contribution >= 0.6 is 0 Å². The van der Waals surface area contributed by atoms with Crippen LogP contribution in [0.1, 0.15) is 13.8 Å². The quantitative estimate of drug-likeness (QED) is 0.505. The Balaban J connectivity index is 3.64. The van der Waals surface area contributed by atoms with Gasteiger partial charge in [0.2, 0.25) is 0 Å². The summed E-state index contributed by atoms with van der Waals surface area (Å²) in [5, 5.41) is 17.1. The second-order valence-electron chi connectivity index (χ2n) is 1.80. The molecule has 0 saturated carbocycles. The lowest BCUT2D eigenvalue weighted by Gasteiger charge is -2.07. The van der Waals surface area contributed by atoms with Crippen LogP contribution in [0.2, 0.25) is 0 Å². The van der Waals surface area contributed by atoms with Gasteiger partial charge >= 0.3 is 0 Å². The number of carbonyl (C=O) groups excluding carboxylic acids is 1. The van der Waals surface area contributed by atoms with Crippen LogP contribution in [0.5, 0.6) is 0 Å². The minimum absolute atomic E-state index is 0.403. The summed E-state index contributed by atoms with van der Waals surface area (Å²) < 4.78 is 0. The first-order valence-electron chi connectivity index (χ1n) is 2.42. The molecule has 0 fully saturated rings. The fourth-order valence-corrected chi connectivity index (χ4v) is 0.340. The second-order valence-corrected chi connectivity index (χ2v) is 1.80. The summed E-state index contributed by atoms with van der Waals surface area (Å²) in [5.41, 5.74) is 0. The Hall–Kier alpha value is -0.410. The zero-order valence-electron chi connectivity index (χ0n) is 4.96. The van der Waals surface area contributed by atoms with Crippen molar-refractivity contribution in [3.63, 3.8) is 0 Å². The van der Waals surface area contributed by atoms with Crippen LogP contribution in [-0.2, 0) is 4.79 Å². The zero-order valence-corrected chi connectivity index (χ0v) is 4.96. The number of rotatable bonds is 2. The SMILES string of the molecule is CC(=O)[C@H](O)[C@@H](C)O. The molecule has 0 heterocycles. The highest BCUT2D eigenvalue weighted by molar-refractivity contribution is 5.80. The van der Waals surface area contributed by atoms with Gasteiger partial charge in [0, 0.05) is 0 Å². The normalized spacial score (nSPS) is 17.5. The van der Waals surface area contributed by atoms with Gasteiger partial charge < -0.3 is 10.2 Å². The second kappa shape index (κ2) is 2.79. The van der Waals surface area contributed by atoms with Crippen LogP contribution in [0.3, 0.4) is 0 Å². The molecule has 0 aromatic carbocycles. The van der Waals surface area contributed by atoms with Gasteiger partial charge in [-0.1, -0.05) is 0 Å². The Morgan fingerprint density at radius 1 is 1.50 bits per heavy atom. The molecule has 0 aliphatic carbocycles. The molecule has 3 heteroatoms. The standard InChI is InChI=1S/C5H10O3/c1-3(6)5(8)4(2)7/h3,5-6,8H,1-2H3/t3-,5-/m1/s1. The molecule has 0 amide bonds. The van der Waals surface area contributed by atoms with E-state index >= 15 is 0 Å². The van der Waals surface area contributed by atoms with Gasteiger partial charge in [0.1, 0.15) is 6.10 Å². The highest BCUT2D eigenvalue weighted by Crippen LogP contribution is 1.91. The van der Waals surface area contributed by atoms with Crippen molar-refractivity contribution in [2.45, 2.75) is 26.1 Å². The van der Waals surface area contributed by atoms with Gasteiger partial charge in [0.25, 0.3) is 0 Å². The molecule has 8 heavy (non-hydrogen) atoms. The topological polar surface area (TPSA) is 57.5 Å². The fraction of sp³-hybridized carbons (Fsp3) is 0.800. The molecular formula is C5H10O3. The summed E-state index contributed by atoms with van der Waals surface area (Å²) in [4.78, 5) is 10.2.